The molecule has 0 spiro atoms. The first kappa shape index (κ1) is 10.7. The smallest absolute Gasteiger partial charge is 0.307 e. The molecule has 0 amide bonds. The van der Waals surface area contributed by atoms with E-state index in [4.69, 9.17) is 0 Å². The van der Waals surface area contributed by atoms with Crippen molar-refractivity contribution in [2.75, 3.05) is 6.61 Å². The molecule has 4 heteroatoms. The van der Waals surface area contributed by atoms with E-state index >= 15 is 0 Å². The van der Waals surface area contributed by atoms with Crippen LogP contribution in [-0.2, 0) is 19.1 Å². The molecule has 68 valence electrons. The summed E-state index contributed by atoms with van der Waals surface area (Å²) in [6, 6.07) is 0. The lowest BCUT2D eigenvalue weighted by Gasteiger charge is -2.04. The van der Waals surface area contributed by atoms with Crippen molar-refractivity contribution >= 4 is 11.9 Å². The number of rotatable bonds is 4. The molecule has 0 aromatic heterocycles. The molecule has 0 rings (SSSR count). The Bertz CT molecular complexity index is 195. The van der Waals surface area contributed by atoms with Gasteiger partial charge in [0, 0.05) is 20.3 Å². The highest BCUT2D eigenvalue weighted by atomic mass is 16.5. The van der Waals surface area contributed by atoms with Crippen molar-refractivity contribution in [2.45, 2.75) is 20.3 Å². The molecule has 0 aliphatic carbocycles. The molecule has 0 atom stereocenters. The van der Waals surface area contributed by atoms with Gasteiger partial charge in [-0.1, -0.05) is 6.58 Å². The van der Waals surface area contributed by atoms with E-state index in [1.165, 1.54) is 13.8 Å². The SMILES string of the molecule is C=C(CCOC(C)=O)OC(C)=O. The zero-order chi connectivity index (χ0) is 9.56. The van der Waals surface area contributed by atoms with Gasteiger partial charge in [-0.2, -0.15) is 0 Å². The minimum atomic E-state index is -0.414. The Morgan fingerprint density at radius 3 is 2.25 bits per heavy atom. The molecule has 4 nitrogen and oxygen atoms in total. The van der Waals surface area contributed by atoms with Crippen LogP contribution in [-0.4, -0.2) is 18.5 Å². The highest BCUT2D eigenvalue weighted by Crippen LogP contribution is 2.00. The van der Waals surface area contributed by atoms with Gasteiger partial charge in [-0.15, -0.1) is 0 Å². The Balaban J connectivity index is 3.44. The van der Waals surface area contributed by atoms with E-state index in [1.807, 2.05) is 0 Å². The maximum absolute atomic E-state index is 10.4. The summed E-state index contributed by atoms with van der Waals surface area (Å²) in [5.41, 5.74) is 0. The Morgan fingerprint density at radius 2 is 1.83 bits per heavy atom. The fraction of sp³-hybridized carbons (Fsp3) is 0.500. The van der Waals surface area contributed by atoms with Gasteiger partial charge in [0.25, 0.3) is 0 Å². The molecule has 12 heavy (non-hydrogen) atoms. The van der Waals surface area contributed by atoms with Crippen molar-refractivity contribution in [1.29, 1.82) is 0 Å². The number of hydrogen-bond donors (Lipinski definition) is 0. The van der Waals surface area contributed by atoms with Crippen LogP contribution in [0.5, 0.6) is 0 Å². The van der Waals surface area contributed by atoms with Gasteiger partial charge in [-0.25, -0.2) is 0 Å². The second-order valence-corrected chi connectivity index (χ2v) is 2.22. The quantitative estimate of drug-likeness (QED) is 0.469. The number of esters is 2. The van der Waals surface area contributed by atoms with Crippen molar-refractivity contribution in [3.8, 4) is 0 Å². The maximum Gasteiger partial charge on any atom is 0.307 e. The van der Waals surface area contributed by atoms with Crippen molar-refractivity contribution < 1.29 is 19.1 Å². The topological polar surface area (TPSA) is 52.6 Å². The molecule has 0 fully saturated rings. The fourth-order valence-corrected chi connectivity index (χ4v) is 0.563. The second kappa shape index (κ2) is 5.35. The number of ether oxygens (including phenoxy) is 2. The number of carbonyl (C=O) groups excluding carboxylic acids is 2. The molecule has 0 N–H and O–H groups in total. The van der Waals surface area contributed by atoms with Crippen molar-refractivity contribution in [3.05, 3.63) is 12.3 Å². The van der Waals surface area contributed by atoms with Crippen molar-refractivity contribution in [2.24, 2.45) is 0 Å². The van der Waals surface area contributed by atoms with Crippen LogP contribution in [0.4, 0.5) is 0 Å². The maximum atomic E-state index is 10.4. The first-order valence-electron chi connectivity index (χ1n) is 3.52. The van der Waals surface area contributed by atoms with Gasteiger partial charge in [0.05, 0.1) is 6.61 Å². The summed E-state index contributed by atoms with van der Waals surface area (Å²) in [6.07, 6.45) is 0.346. The van der Waals surface area contributed by atoms with Gasteiger partial charge in [-0.05, 0) is 0 Å². The van der Waals surface area contributed by atoms with E-state index in [0.29, 0.717) is 12.2 Å². The zero-order valence-corrected chi connectivity index (χ0v) is 7.25. The molecule has 0 aromatic carbocycles. The molecule has 0 saturated carbocycles. The van der Waals surface area contributed by atoms with Gasteiger partial charge < -0.3 is 9.47 Å². The van der Waals surface area contributed by atoms with E-state index in [1.54, 1.807) is 0 Å². The largest absolute Gasteiger partial charge is 0.465 e. The Kier molecular flexibility index (Phi) is 4.76. The second-order valence-electron chi connectivity index (χ2n) is 2.22. The third-order valence-corrected chi connectivity index (χ3v) is 0.974. The lowest BCUT2D eigenvalue weighted by molar-refractivity contribution is -0.141. The van der Waals surface area contributed by atoms with E-state index < -0.39 is 5.97 Å². The average Bonchev–Trinajstić information content (AvgIpc) is 1.84. The van der Waals surface area contributed by atoms with Crippen molar-refractivity contribution in [3.63, 3.8) is 0 Å². The monoisotopic (exact) mass is 172 g/mol. The van der Waals surface area contributed by atoms with Crippen molar-refractivity contribution in [1.82, 2.24) is 0 Å². The summed E-state index contributed by atoms with van der Waals surface area (Å²) in [5.74, 6) is -0.461. The minimum absolute atomic E-state index is 0.196. The molecule has 0 aliphatic rings. The molecular formula is C8H12O4. The van der Waals surface area contributed by atoms with Gasteiger partial charge >= 0.3 is 11.9 Å². The lowest BCUT2D eigenvalue weighted by Crippen LogP contribution is -2.04. The van der Waals surface area contributed by atoms with Gasteiger partial charge in [0.2, 0.25) is 0 Å². The summed E-state index contributed by atoms with van der Waals surface area (Å²) in [5, 5.41) is 0. The molecule has 0 aromatic rings. The van der Waals surface area contributed by atoms with Crippen LogP contribution < -0.4 is 0 Å². The molecule has 0 radical (unpaired) electrons. The lowest BCUT2D eigenvalue weighted by atomic mass is 10.4. The van der Waals surface area contributed by atoms with Gasteiger partial charge in [-0.3, -0.25) is 9.59 Å². The standard InChI is InChI=1S/C8H12O4/c1-6(12-8(3)10)4-5-11-7(2)9/h1,4-5H2,2-3H3. The average molecular weight is 172 g/mol. The first-order chi connectivity index (χ1) is 5.52. The van der Waals surface area contributed by atoms with Crippen LogP contribution in [0.25, 0.3) is 0 Å². The van der Waals surface area contributed by atoms with Crippen LogP contribution in [0.3, 0.4) is 0 Å². The predicted octanol–water partition coefficient (Wildman–Crippen LogP) is 1.02. The summed E-state index contributed by atoms with van der Waals surface area (Å²) in [7, 11) is 0. The van der Waals surface area contributed by atoms with Gasteiger partial charge in [0.1, 0.15) is 5.76 Å². The first-order valence-corrected chi connectivity index (χ1v) is 3.52. The molecule has 0 saturated heterocycles. The third-order valence-electron chi connectivity index (χ3n) is 0.974. The highest BCUT2D eigenvalue weighted by molar-refractivity contribution is 5.67. The molecule has 0 aliphatic heterocycles. The zero-order valence-electron chi connectivity index (χ0n) is 7.25. The summed E-state index contributed by atoms with van der Waals surface area (Å²) in [6.45, 7) is 6.26. The minimum Gasteiger partial charge on any atom is -0.465 e. The number of carbonyl (C=O) groups is 2. The summed E-state index contributed by atoms with van der Waals surface area (Å²) in [4.78, 5) is 20.6. The Morgan fingerprint density at radius 1 is 1.25 bits per heavy atom. The van der Waals surface area contributed by atoms with E-state index in [2.05, 4.69) is 16.1 Å². The third kappa shape index (κ3) is 6.80. The van der Waals surface area contributed by atoms with Crippen LogP contribution in [0, 0.1) is 0 Å². The van der Waals surface area contributed by atoms with Gasteiger partial charge in [0.15, 0.2) is 0 Å². The van der Waals surface area contributed by atoms with Crippen LogP contribution in [0.2, 0.25) is 0 Å². The summed E-state index contributed by atoms with van der Waals surface area (Å²) < 4.78 is 9.21. The van der Waals surface area contributed by atoms with Crippen LogP contribution in [0.1, 0.15) is 20.3 Å². The summed E-state index contributed by atoms with van der Waals surface area (Å²) >= 11 is 0. The molecule has 0 bridgehead atoms. The molecule has 0 unspecified atom stereocenters. The normalized spacial score (nSPS) is 8.83. The Hall–Kier alpha value is -1.32. The van der Waals surface area contributed by atoms with Crippen LogP contribution >= 0.6 is 0 Å². The molecule has 0 heterocycles. The van der Waals surface area contributed by atoms with E-state index in [-0.39, 0.29) is 12.6 Å². The number of hydrogen-bond acceptors (Lipinski definition) is 4. The highest BCUT2D eigenvalue weighted by Gasteiger charge is 2.00. The van der Waals surface area contributed by atoms with E-state index in [9.17, 15) is 9.59 Å². The fourth-order valence-electron chi connectivity index (χ4n) is 0.563. The van der Waals surface area contributed by atoms with Crippen LogP contribution in [0.15, 0.2) is 12.3 Å². The Labute approximate surface area is 71.2 Å². The predicted molar refractivity (Wildman–Crippen MR) is 42.2 cm³/mol. The molecular weight excluding hydrogens is 160 g/mol. The van der Waals surface area contributed by atoms with E-state index in [0.717, 1.165) is 0 Å².